The minimum absolute atomic E-state index is 0.234. The molecule has 3 rings (SSSR count). The Morgan fingerprint density at radius 3 is 2.48 bits per heavy atom. The number of hydrazine groups is 1. The minimum atomic E-state index is -0.234. The number of nitrogen functional groups attached to an aromatic ring is 1. The third kappa shape index (κ3) is 3.11. The smallest absolute Gasteiger partial charge is 0.148 e. The number of rotatable bonds is 5. The van der Waals surface area contributed by atoms with Crippen molar-refractivity contribution in [2.45, 2.75) is 32.2 Å². The first-order valence-corrected chi connectivity index (χ1v) is 7.01. The molecule has 0 radical (unpaired) electrons. The molecule has 1 aliphatic carbocycles. The molecule has 4 N–H and O–H groups in total. The van der Waals surface area contributed by atoms with Gasteiger partial charge < -0.3 is 10.7 Å². The fraction of sp³-hybridized carbons (Fsp3) is 0.333. The van der Waals surface area contributed by atoms with Gasteiger partial charge in [0.15, 0.2) is 0 Å². The zero-order chi connectivity index (χ0) is 14.8. The van der Waals surface area contributed by atoms with Crippen molar-refractivity contribution in [3.63, 3.8) is 0 Å². The summed E-state index contributed by atoms with van der Waals surface area (Å²) in [4.78, 5) is 9.03. The van der Waals surface area contributed by atoms with Gasteiger partial charge in [-0.2, -0.15) is 0 Å². The SMILES string of the molecule is Cc1c(NN)nc(C2CC2)nc1NCc1ccc(F)cc1. The number of aromatic nitrogens is 2. The normalized spacial score (nSPS) is 14.0. The van der Waals surface area contributed by atoms with Gasteiger partial charge in [-0.15, -0.1) is 0 Å². The van der Waals surface area contributed by atoms with E-state index in [9.17, 15) is 4.39 Å². The van der Waals surface area contributed by atoms with E-state index in [1.807, 2.05) is 6.92 Å². The van der Waals surface area contributed by atoms with Crippen molar-refractivity contribution in [1.82, 2.24) is 9.97 Å². The Hall–Kier alpha value is -2.21. The monoisotopic (exact) mass is 287 g/mol. The quantitative estimate of drug-likeness (QED) is 0.582. The van der Waals surface area contributed by atoms with Crippen molar-refractivity contribution in [2.24, 2.45) is 5.84 Å². The number of nitrogens with two attached hydrogens (primary N) is 1. The first-order valence-electron chi connectivity index (χ1n) is 7.01. The fourth-order valence-corrected chi connectivity index (χ4v) is 2.16. The Kier molecular flexibility index (Phi) is 3.70. The zero-order valence-electron chi connectivity index (χ0n) is 11.9. The maximum atomic E-state index is 12.9. The highest BCUT2D eigenvalue weighted by Gasteiger charge is 2.28. The van der Waals surface area contributed by atoms with E-state index in [4.69, 9.17) is 5.84 Å². The molecule has 1 aromatic heterocycles. The average Bonchev–Trinajstić information content (AvgIpc) is 3.32. The van der Waals surface area contributed by atoms with Crippen molar-refractivity contribution < 1.29 is 4.39 Å². The van der Waals surface area contributed by atoms with Crippen LogP contribution < -0.4 is 16.6 Å². The molecule has 0 spiro atoms. The minimum Gasteiger partial charge on any atom is -0.366 e. The molecule has 0 atom stereocenters. The maximum absolute atomic E-state index is 12.9. The Morgan fingerprint density at radius 2 is 1.86 bits per heavy atom. The zero-order valence-corrected chi connectivity index (χ0v) is 11.9. The van der Waals surface area contributed by atoms with Gasteiger partial charge in [0.05, 0.1) is 0 Å². The van der Waals surface area contributed by atoms with Crippen LogP contribution in [0.5, 0.6) is 0 Å². The van der Waals surface area contributed by atoms with E-state index in [1.54, 1.807) is 12.1 Å². The van der Waals surface area contributed by atoms with Gasteiger partial charge in [0.2, 0.25) is 0 Å². The summed E-state index contributed by atoms with van der Waals surface area (Å²) in [5.74, 6) is 7.98. The summed E-state index contributed by atoms with van der Waals surface area (Å²) >= 11 is 0. The van der Waals surface area contributed by atoms with Gasteiger partial charge in [-0.3, -0.25) is 0 Å². The molecule has 1 aromatic carbocycles. The Labute approximate surface area is 122 Å². The molecule has 0 bridgehead atoms. The number of benzene rings is 1. The third-order valence-corrected chi connectivity index (χ3v) is 3.62. The van der Waals surface area contributed by atoms with Crippen LogP contribution in [0.2, 0.25) is 0 Å². The molecule has 2 aromatic rings. The fourth-order valence-electron chi connectivity index (χ4n) is 2.16. The van der Waals surface area contributed by atoms with Crippen LogP contribution in [0, 0.1) is 12.7 Å². The van der Waals surface area contributed by atoms with Gasteiger partial charge >= 0.3 is 0 Å². The van der Waals surface area contributed by atoms with E-state index in [0.29, 0.717) is 18.3 Å². The van der Waals surface area contributed by atoms with E-state index in [1.165, 1.54) is 12.1 Å². The third-order valence-electron chi connectivity index (χ3n) is 3.62. The van der Waals surface area contributed by atoms with E-state index < -0.39 is 0 Å². The van der Waals surface area contributed by atoms with Crippen LogP contribution >= 0.6 is 0 Å². The molecule has 6 heteroatoms. The van der Waals surface area contributed by atoms with E-state index in [2.05, 4.69) is 20.7 Å². The number of hydrogen-bond donors (Lipinski definition) is 3. The standard InChI is InChI=1S/C15H18FN5/c1-9-13(18-8-10-2-6-12(16)7-3-10)19-15(11-4-5-11)20-14(9)21-17/h2-3,6-7,11H,4-5,8,17H2,1H3,(H2,18,19,20,21). The largest absolute Gasteiger partial charge is 0.366 e. The number of halogens is 1. The predicted molar refractivity (Wildman–Crippen MR) is 80.3 cm³/mol. The number of nitrogens with zero attached hydrogens (tertiary/aromatic N) is 2. The van der Waals surface area contributed by atoms with Crippen molar-refractivity contribution in [3.8, 4) is 0 Å². The Balaban J connectivity index is 1.80. The van der Waals surface area contributed by atoms with Crippen LogP contribution in [0.15, 0.2) is 24.3 Å². The summed E-state index contributed by atoms with van der Waals surface area (Å²) < 4.78 is 12.9. The molecular formula is C15H18FN5. The average molecular weight is 287 g/mol. The predicted octanol–water partition coefficient (Wildman–Crippen LogP) is 2.70. The molecule has 5 nitrogen and oxygen atoms in total. The summed E-state index contributed by atoms with van der Waals surface area (Å²) in [5.41, 5.74) is 4.49. The van der Waals surface area contributed by atoms with Gasteiger partial charge in [-0.25, -0.2) is 20.2 Å². The summed E-state index contributed by atoms with van der Waals surface area (Å²) in [6.07, 6.45) is 2.26. The lowest BCUT2D eigenvalue weighted by Crippen LogP contribution is -2.14. The Bertz CT molecular complexity index is 637. The molecule has 0 unspecified atom stereocenters. The number of nitrogens with one attached hydrogen (secondary N) is 2. The molecule has 1 fully saturated rings. The van der Waals surface area contributed by atoms with Gasteiger partial charge in [0.25, 0.3) is 0 Å². The lowest BCUT2D eigenvalue weighted by molar-refractivity contribution is 0.627. The van der Waals surface area contributed by atoms with E-state index in [0.717, 1.165) is 35.6 Å². The van der Waals surface area contributed by atoms with Crippen LogP contribution in [0.1, 0.15) is 35.7 Å². The van der Waals surface area contributed by atoms with Gasteiger partial charge in [0, 0.05) is 18.0 Å². The second-order valence-corrected chi connectivity index (χ2v) is 5.30. The Morgan fingerprint density at radius 1 is 1.19 bits per heavy atom. The summed E-state index contributed by atoms with van der Waals surface area (Å²) in [5, 5.41) is 3.28. The van der Waals surface area contributed by atoms with Crippen LogP contribution in [-0.4, -0.2) is 9.97 Å². The molecule has 0 saturated heterocycles. The highest BCUT2D eigenvalue weighted by molar-refractivity contribution is 5.57. The number of anilines is 2. The second kappa shape index (κ2) is 5.65. The molecule has 1 heterocycles. The first-order chi connectivity index (χ1) is 10.2. The lowest BCUT2D eigenvalue weighted by Gasteiger charge is -2.13. The van der Waals surface area contributed by atoms with Crippen molar-refractivity contribution in [3.05, 3.63) is 47.0 Å². The van der Waals surface area contributed by atoms with Gasteiger partial charge in [-0.1, -0.05) is 12.1 Å². The first kappa shape index (κ1) is 13.8. The topological polar surface area (TPSA) is 75.9 Å². The lowest BCUT2D eigenvalue weighted by atomic mass is 10.2. The van der Waals surface area contributed by atoms with Crippen LogP contribution in [0.25, 0.3) is 0 Å². The molecular weight excluding hydrogens is 269 g/mol. The van der Waals surface area contributed by atoms with Crippen molar-refractivity contribution >= 4 is 11.6 Å². The molecule has 1 saturated carbocycles. The molecule has 21 heavy (non-hydrogen) atoms. The van der Waals surface area contributed by atoms with Crippen molar-refractivity contribution in [2.75, 3.05) is 10.7 Å². The summed E-state index contributed by atoms with van der Waals surface area (Å²) in [6, 6.07) is 6.41. The van der Waals surface area contributed by atoms with Crippen molar-refractivity contribution in [1.29, 1.82) is 0 Å². The second-order valence-electron chi connectivity index (χ2n) is 5.30. The highest BCUT2D eigenvalue weighted by Crippen LogP contribution is 2.39. The van der Waals surface area contributed by atoms with E-state index in [-0.39, 0.29) is 5.82 Å². The maximum Gasteiger partial charge on any atom is 0.148 e. The molecule has 0 amide bonds. The summed E-state index contributed by atoms with van der Waals surface area (Å²) in [7, 11) is 0. The number of hydrogen-bond acceptors (Lipinski definition) is 5. The van der Waals surface area contributed by atoms with Gasteiger partial charge in [0.1, 0.15) is 23.3 Å². The van der Waals surface area contributed by atoms with Crippen LogP contribution in [0.4, 0.5) is 16.0 Å². The van der Waals surface area contributed by atoms with Crippen LogP contribution in [-0.2, 0) is 6.54 Å². The highest BCUT2D eigenvalue weighted by atomic mass is 19.1. The van der Waals surface area contributed by atoms with Gasteiger partial charge in [-0.05, 0) is 37.5 Å². The molecule has 1 aliphatic rings. The molecule has 110 valence electrons. The summed E-state index contributed by atoms with van der Waals surface area (Å²) in [6.45, 7) is 2.49. The van der Waals surface area contributed by atoms with E-state index >= 15 is 0 Å². The van der Waals surface area contributed by atoms with Crippen LogP contribution in [0.3, 0.4) is 0 Å². The molecule has 0 aliphatic heterocycles.